The average Bonchev–Trinajstić information content (AvgIpc) is 2.56. The lowest BCUT2D eigenvalue weighted by Gasteiger charge is -2.12. The van der Waals surface area contributed by atoms with Gasteiger partial charge < -0.3 is 0 Å². The van der Waals surface area contributed by atoms with Crippen molar-refractivity contribution in [3.05, 3.63) is 20.9 Å². The summed E-state index contributed by atoms with van der Waals surface area (Å²) in [4.78, 5) is 3.32. The zero-order valence-electron chi connectivity index (χ0n) is 9.22. The zero-order chi connectivity index (χ0) is 10.1. The fourth-order valence-electron chi connectivity index (χ4n) is 2.17. The van der Waals surface area contributed by atoms with E-state index >= 15 is 0 Å². The van der Waals surface area contributed by atoms with E-state index in [-0.39, 0.29) is 0 Å². The summed E-state index contributed by atoms with van der Waals surface area (Å²) in [6.45, 7) is 6.95. The van der Waals surface area contributed by atoms with Gasteiger partial charge in [-0.2, -0.15) is 11.8 Å². The van der Waals surface area contributed by atoms with Gasteiger partial charge in [0.2, 0.25) is 0 Å². The van der Waals surface area contributed by atoms with E-state index in [4.69, 9.17) is 0 Å². The van der Waals surface area contributed by atoms with Gasteiger partial charge in [-0.3, -0.25) is 0 Å². The van der Waals surface area contributed by atoms with E-state index in [0.717, 1.165) is 0 Å². The maximum absolute atomic E-state index is 2.32. The summed E-state index contributed by atoms with van der Waals surface area (Å²) in [5.41, 5.74) is 3.39. The molecule has 1 aliphatic rings. The summed E-state index contributed by atoms with van der Waals surface area (Å²) < 4.78 is 0. The van der Waals surface area contributed by atoms with Crippen molar-refractivity contribution in [1.29, 1.82) is 0 Å². The maximum Gasteiger partial charge on any atom is 0.0282 e. The lowest BCUT2D eigenvalue weighted by molar-refractivity contribution is 0.862. The molecule has 0 bridgehead atoms. The van der Waals surface area contributed by atoms with Crippen LogP contribution in [0.4, 0.5) is 0 Å². The topological polar surface area (TPSA) is 0 Å². The molecule has 0 saturated heterocycles. The molecule has 1 aromatic rings. The number of hydrogen-bond donors (Lipinski definition) is 0. The van der Waals surface area contributed by atoms with Gasteiger partial charge in [-0.25, -0.2) is 0 Å². The van der Waals surface area contributed by atoms with Gasteiger partial charge in [-0.15, -0.1) is 11.3 Å². The highest BCUT2D eigenvalue weighted by Gasteiger charge is 2.20. The minimum atomic E-state index is 0.713. The van der Waals surface area contributed by atoms with Gasteiger partial charge in [-0.1, -0.05) is 20.8 Å². The molecule has 2 rings (SSSR count). The molecule has 0 unspecified atom stereocenters. The molecule has 78 valence electrons. The first-order valence-corrected chi connectivity index (χ1v) is 7.42. The van der Waals surface area contributed by atoms with Crippen LogP contribution in [0.1, 0.15) is 47.6 Å². The van der Waals surface area contributed by atoms with Gasteiger partial charge in [0.05, 0.1) is 0 Å². The molecule has 0 aliphatic carbocycles. The van der Waals surface area contributed by atoms with E-state index in [9.17, 15) is 0 Å². The van der Waals surface area contributed by atoms with Gasteiger partial charge >= 0.3 is 0 Å². The molecule has 0 amide bonds. The molecule has 0 N–H and O–H groups in total. The fourth-order valence-corrected chi connectivity index (χ4v) is 4.75. The predicted molar refractivity (Wildman–Crippen MR) is 67.7 cm³/mol. The third-order valence-electron chi connectivity index (χ3n) is 2.84. The largest absolute Gasteiger partial charge is 0.156 e. The minimum Gasteiger partial charge on any atom is -0.156 e. The first-order valence-electron chi connectivity index (χ1n) is 5.45. The highest BCUT2D eigenvalue weighted by atomic mass is 32.2. The number of thiophene rings is 1. The molecule has 0 atom stereocenters. The standard InChI is InChI=1S/C12H18S2/c1-4-9-10-5-6-13-7-11(10)14-12(9)8(2)3/h8H,4-7H2,1-3H3. The smallest absolute Gasteiger partial charge is 0.0282 e. The monoisotopic (exact) mass is 226 g/mol. The minimum absolute atomic E-state index is 0.713. The number of hydrogen-bond acceptors (Lipinski definition) is 2. The molecule has 2 heteroatoms. The van der Waals surface area contributed by atoms with Crippen LogP contribution in [0, 0.1) is 0 Å². The van der Waals surface area contributed by atoms with Crippen molar-refractivity contribution in [3.8, 4) is 0 Å². The zero-order valence-corrected chi connectivity index (χ0v) is 10.9. The van der Waals surface area contributed by atoms with E-state index in [1.807, 2.05) is 0 Å². The second-order valence-electron chi connectivity index (χ2n) is 4.16. The van der Waals surface area contributed by atoms with E-state index in [0.29, 0.717) is 5.92 Å². The second-order valence-corrected chi connectivity index (χ2v) is 6.40. The summed E-state index contributed by atoms with van der Waals surface area (Å²) in [6.07, 6.45) is 2.54. The molecule has 2 heterocycles. The van der Waals surface area contributed by atoms with E-state index in [1.165, 1.54) is 24.3 Å². The van der Waals surface area contributed by atoms with Crippen LogP contribution in [0.15, 0.2) is 0 Å². The molecular weight excluding hydrogens is 208 g/mol. The Labute approximate surface area is 95.1 Å². The van der Waals surface area contributed by atoms with Crippen LogP contribution >= 0.6 is 23.1 Å². The van der Waals surface area contributed by atoms with Gasteiger partial charge in [0.1, 0.15) is 0 Å². The number of fused-ring (bicyclic) bond motifs is 1. The Morgan fingerprint density at radius 3 is 2.79 bits per heavy atom. The Kier molecular flexibility index (Phi) is 3.23. The van der Waals surface area contributed by atoms with Crippen LogP contribution in [0.2, 0.25) is 0 Å². The van der Waals surface area contributed by atoms with Crippen LogP contribution in [-0.4, -0.2) is 5.75 Å². The quantitative estimate of drug-likeness (QED) is 0.727. The Bertz CT molecular complexity index is 323. The molecule has 0 fully saturated rings. The van der Waals surface area contributed by atoms with Crippen molar-refractivity contribution in [2.45, 2.75) is 45.3 Å². The molecule has 0 saturated carbocycles. The van der Waals surface area contributed by atoms with Gasteiger partial charge in [0.25, 0.3) is 0 Å². The first-order chi connectivity index (χ1) is 6.74. The highest BCUT2D eigenvalue weighted by Crippen LogP contribution is 2.39. The molecule has 0 spiro atoms. The van der Waals surface area contributed by atoms with E-state index in [1.54, 1.807) is 20.9 Å². The van der Waals surface area contributed by atoms with Crippen LogP contribution in [-0.2, 0) is 18.6 Å². The van der Waals surface area contributed by atoms with Crippen molar-refractivity contribution in [1.82, 2.24) is 0 Å². The molecule has 1 aromatic heterocycles. The van der Waals surface area contributed by atoms with Crippen LogP contribution < -0.4 is 0 Å². The fraction of sp³-hybridized carbons (Fsp3) is 0.667. The third kappa shape index (κ3) is 1.74. The molecular formula is C12H18S2. The lowest BCUT2D eigenvalue weighted by atomic mass is 9.99. The Balaban J connectivity index is 2.46. The molecule has 0 aromatic carbocycles. The second kappa shape index (κ2) is 4.28. The summed E-state index contributed by atoms with van der Waals surface area (Å²) in [6, 6.07) is 0. The maximum atomic E-state index is 2.32. The predicted octanol–water partition coefficient (Wildman–Crippen LogP) is 4.22. The van der Waals surface area contributed by atoms with Crippen LogP contribution in [0.3, 0.4) is 0 Å². The van der Waals surface area contributed by atoms with Crippen LogP contribution in [0.25, 0.3) is 0 Å². The summed E-state index contributed by atoms with van der Waals surface area (Å²) in [7, 11) is 0. The van der Waals surface area contributed by atoms with Gasteiger partial charge in [0, 0.05) is 15.5 Å². The normalized spacial score (nSPS) is 16.0. The van der Waals surface area contributed by atoms with Crippen molar-refractivity contribution in [3.63, 3.8) is 0 Å². The summed E-state index contributed by atoms with van der Waals surface area (Å²) in [5.74, 6) is 3.30. The summed E-state index contributed by atoms with van der Waals surface area (Å²) in [5, 5.41) is 0. The third-order valence-corrected chi connectivity index (χ3v) is 5.58. The lowest BCUT2D eigenvalue weighted by Crippen LogP contribution is -2.01. The molecule has 14 heavy (non-hydrogen) atoms. The number of rotatable bonds is 2. The summed E-state index contributed by atoms with van der Waals surface area (Å²) >= 11 is 4.17. The van der Waals surface area contributed by atoms with Gasteiger partial charge in [-0.05, 0) is 35.6 Å². The van der Waals surface area contributed by atoms with Crippen molar-refractivity contribution < 1.29 is 0 Å². The first kappa shape index (κ1) is 10.6. The Morgan fingerprint density at radius 2 is 2.14 bits per heavy atom. The van der Waals surface area contributed by atoms with Crippen molar-refractivity contribution in [2.75, 3.05) is 5.75 Å². The number of thioether (sulfide) groups is 1. The molecule has 0 nitrogen and oxygen atoms in total. The Hall–Kier alpha value is 0.0500. The van der Waals surface area contributed by atoms with E-state index < -0.39 is 0 Å². The SMILES string of the molecule is CCc1c(C(C)C)sc2c1CCSC2. The van der Waals surface area contributed by atoms with Gasteiger partial charge in [0.15, 0.2) is 0 Å². The van der Waals surface area contributed by atoms with Crippen LogP contribution in [0.5, 0.6) is 0 Å². The molecule has 1 aliphatic heterocycles. The van der Waals surface area contributed by atoms with Crippen molar-refractivity contribution in [2.24, 2.45) is 0 Å². The Morgan fingerprint density at radius 1 is 1.36 bits per heavy atom. The average molecular weight is 226 g/mol. The van der Waals surface area contributed by atoms with E-state index in [2.05, 4.69) is 43.9 Å². The highest BCUT2D eigenvalue weighted by molar-refractivity contribution is 7.98. The van der Waals surface area contributed by atoms with Crippen molar-refractivity contribution >= 4 is 23.1 Å². The molecule has 0 radical (unpaired) electrons.